The van der Waals surface area contributed by atoms with E-state index in [9.17, 15) is 6.85 Å². The molecule has 0 radical (unpaired) electrons. The minimum Gasteiger partial charge on any atom is -0.457 e. The number of aromatic nitrogens is 2. The summed E-state index contributed by atoms with van der Waals surface area (Å²) in [5.41, 5.74) is 4.42. The number of fused-ring (bicyclic) bond motifs is 8. The smallest absolute Gasteiger partial charge is 0.137 e. The highest BCUT2D eigenvalue weighted by molar-refractivity contribution is 7.26. The van der Waals surface area contributed by atoms with Gasteiger partial charge in [0.05, 0.1) is 43.0 Å². The Morgan fingerprint density at radius 3 is 2.22 bits per heavy atom. The van der Waals surface area contributed by atoms with E-state index in [0.717, 1.165) is 33.6 Å². The maximum absolute atomic E-state index is 9.59. The van der Waals surface area contributed by atoms with E-state index in [2.05, 4.69) is 0 Å². The third-order valence-corrected chi connectivity index (χ3v) is 11.1. The molecule has 10 rings (SSSR count). The summed E-state index contributed by atoms with van der Waals surface area (Å²) >= 11 is 0.966. The molecule has 9 aromatic rings. The van der Waals surface area contributed by atoms with Gasteiger partial charge in [0.15, 0.2) is 0 Å². The summed E-state index contributed by atoms with van der Waals surface area (Å²) in [4.78, 5) is 7.99. The number of benzene rings is 6. The Balaban J connectivity index is 1.24. The first-order chi connectivity index (χ1) is 32.9. The third kappa shape index (κ3) is 5.46. The fourth-order valence-electron chi connectivity index (χ4n) is 7.67. The molecular formula is C49H42N4OS. The molecule has 0 bridgehead atoms. The van der Waals surface area contributed by atoms with Crippen LogP contribution in [0.4, 0.5) is 22.7 Å². The van der Waals surface area contributed by atoms with Crippen LogP contribution in [0.5, 0.6) is 11.5 Å². The van der Waals surface area contributed by atoms with Gasteiger partial charge in [-0.2, -0.15) is 0 Å². The lowest BCUT2D eigenvalue weighted by Gasteiger charge is -2.25. The zero-order valence-corrected chi connectivity index (χ0v) is 31.7. The molecule has 0 atom stereocenters. The molecule has 6 aromatic carbocycles. The molecule has 0 saturated carbocycles. The molecule has 5 nitrogen and oxygen atoms in total. The maximum atomic E-state index is 9.59. The Hall–Kier alpha value is -6.11. The molecule has 270 valence electrons. The number of thiophene rings is 1. The van der Waals surface area contributed by atoms with Gasteiger partial charge in [-0.25, -0.2) is 4.98 Å². The van der Waals surface area contributed by atoms with E-state index in [0.29, 0.717) is 11.5 Å². The lowest BCUT2D eigenvalue weighted by molar-refractivity contribution is 0.483. The van der Waals surface area contributed by atoms with Crippen molar-refractivity contribution in [2.24, 2.45) is 0 Å². The van der Waals surface area contributed by atoms with E-state index in [1.54, 1.807) is 15.7 Å². The summed E-state index contributed by atoms with van der Waals surface area (Å²) < 4.78 is 144. The summed E-state index contributed by atoms with van der Waals surface area (Å²) in [6.07, 6.45) is 1.60. The van der Waals surface area contributed by atoms with Crippen LogP contribution in [0.3, 0.4) is 0 Å². The summed E-state index contributed by atoms with van der Waals surface area (Å²) in [6.45, 7) is 11.7. The molecule has 0 saturated heterocycles. The lowest BCUT2D eigenvalue weighted by atomic mass is 9.88. The van der Waals surface area contributed by atoms with Crippen LogP contribution in [0, 0.1) is 20.8 Å². The first-order valence-electron chi connectivity index (χ1n) is 25.3. The number of anilines is 4. The highest BCUT2D eigenvalue weighted by Gasteiger charge is 2.30. The molecule has 3 aromatic heterocycles. The van der Waals surface area contributed by atoms with Crippen molar-refractivity contribution in [1.82, 2.24) is 9.55 Å². The minimum atomic E-state index is -0.579. The van der Waals surface area contributed by atoms with Crippen LogP contribution < -0.4 is 14.5 Å². The van der Waals surface area contributed by atoms with Gasteiger partial charge in [0.25, 0.3) is 0 Å². The fourth-order valence-corrected chi connectivity index (χ4v) is 8.64. The Kier molecular flexibility index (Phi) is 4.78. The third-order valence-electron chi connectivity index (χ3n) is 10.0. The molecule has 0 aliphatic carbocycles. The Morgan fingerprint density at radius 2 is 1.42 bits per heavy atom. The predicted octanol–water partition coefficient (Wildman–Crippen LogP) is 13.8. The molecule has 0 fully saturated rings. The van der Waals surface area contributed by atoms with Crippen LogP contribution in [0.25, 0.3) is 47.8 Å². The van der Waals surface area contributed by atoms with Gasteiger partial charge in [-0.3, -0.25) is 4.57 Å². The fraction of sp³-hybridized carbons (Fsp3) is 0.163. The zero-order chi connectivity index (χ0) is 50.6. The predicted molar refractivity (Wildman–Crippen MR) is 233 cm³/mol. The second kappa shape index (κ2) is 12.5. The van der Waals surface area contributed by atoms with Gasteiger partial charge in [-0.05, 0) is 103 Å². The van der Waals surface area contributed by atoms with E-state index >= 15 is 0 Å². The van der Waals surface area contributed by atoms with Crippen LogP contribution in [-0.4, -0.2) is 16.2 Å². The topological polar surface area (TPSA) is 33.5 Å². The number of para-hydroxylation sites is 2. The molecule has 55 heavy (non-hydrogen) atoms. The SMILES string of the molecule is [2H]c1c(Oc2cc3c(c([2H])c2[2H])c2c([2H])c([2H])c4sc5c([2H])c([2H])c([2H])c([2H])c5c4c2n3-c2cc(C(C)(C)C)ccn2)cc(N2CN(c3c(C)cc(C)cc3C)c3c([2H])c([2H])c([2H])c([2H])c32)c([2H])c1[2H]. The van der Waals surface area contributed by atoms with Crippen molar-refractivity contribution in [1.29, 1.82) is 0 Å². The van der Waals surface area contributed by atoms with Crippen molar-refractivity contribution < 1.29 is 25.3 Å². The van der Waals surface area contributed by atoms with Gasteiger partial charge in [-0.1, -0.05) is 80.8 Å². The highest BCUT2D eigenvalue weighted by atomic mass is 32.1. The molecule has 0 spiro atoms. The van der Waals surface area contributed by atoms with Gasteiger partial charge < -0.3 is 14.5 Å². The molecule has 6 heteroatoms. The standard InChI is InChI=1S/C49H42N4OS/c1-30-24-31(2)47(32(3)25-30)52-29-51(40-15-8-9-16-41(40)52)34-12-11-13-35(27-34)54-36-18-19-37-38-20-21-44-46(39-14-7-10-17-43(39)55-44)48(38)53(42(37)28-36)45-26-33(22-23-50-45)49(4,5)6/h7-28H,29H2,1-6H3/i7D,8D,9D,10D,11D,12D,13D,14D,15D,16D,17D,18D,19D,20D,21D. The first-order valence-corrected chi connectivity index (χ1v) is 18.6. The van der Waals surface area contributed by atoms with Crippen molar-refractivity contribution in [2.45, 2.75) is 47.0 Å². The first kappa shape index (κ1) is 21.1. The maximum Gasteiger partial charge on any atom is 0.137 e. The van der Waals surface area contributed by atoms with Crippen molar-refractivity contribution >= 4 is 76.1 Å². The number of rotatable bonds is 5. The van der Waals surface area contributed by atoms with E-state index in [4.69, 9.17) is 23.4 Å². The van der Waals surface area contributed by atoms with Crippen LogP contribution in [0.15, 0.2) is 133 Å². The second-order valence-corrected chi connectivity index (χ2v) is 15.8. The van der Waals surface area contributed by atoms with Crippen LogP contribution in [0.2, 0.25) is 0 Å². The van der Waals surface area contributed by atoms with Crippen molar-refractivity contribution in [3.63, 3.8) is 0 Å². The molecular weight excluding hydrogens is 693 g/mol. The van der Waals surface area contributed by atoms with Gasteiger partial charge >= 0.3 is 0 Å². The Bertz CT molecular complexity index is 3820. The van der Waals surface area contributed by atoms with E-state index in [1.165, 1.54) is 17.0 Å². The zero-order valence-electron chi connectivity index (χ0n) is 45.9. The molecule has 0 amide bonds. The summed E-state index contributed by atoms with van der Waals surface area (Å²) in [7, 11) is 0. The monoisotopic (exact) mass is 749 g/mol. The Morgan fingerprint density at radius 1 is 0.691 bits per heavy atom. The van der Waals surface area contributed by atoms with E-state index in [1.807, 2.05) is 65.8 Å². The van der Waals surface area contributed by atoms with Crippen molar-refractivity contribution in [2.75, 3.05) is 16.5 Å². The number of hydrogen-bond donors (Lipinski definition) is 0. The normalized spacial score (nSPS) is 16.9. The van der Waals surface area contributed by atoms with Gasteiger partial charge in [0.2, 0.25) is 0 Å². The van der Waals surface area contributed by atoms with Crippen LogP contribution in [-0.2, 0) is 5.41 Å². The Labute approximate surface area is 346 Å². The largest absolute Gasteiger partial charge is 0.457 e. The van der Waals surface area contributed by atoms with Crippen LogP contribution in [0.1, 0.15) is 63.6 Å². The summed E-state index contributed by atoms with van der Waals surface area (Å²) in [5.74, 6) is -0.281. The summed E-state index contributed by atoms with van der Waals surface area (Å²) in [6, 6.07) is 4.05. The number of aryl methyl sites for hydroxylation is 3. The quantitative estimate of drug-likeness (QED) is 0.175. The number of pyridine rings is 1. The highest BCUT2D eigenvalue weighted by Crippen LogP contribution is 2.47. The van der Waals surface area contributed by atoms with Gasteiger partial charge in [0, 0.05) is 60.6 Å². The second-order valence-electron chi connectivity index (χ2n) is 14.8. The van der Waals surface area contributed by atoms with Crippen molar-refractivity contribution in [3.05, 3.63) is 155 Å². The lowest BCUT2D eigenvalue weighted by Crippen LogP contribution is -2.25. The molecule has 1 aliphatic heterocycles. The molecule has 4 heterocycles. The average molecular weight is 750 g/mol. The molecule has 1 aliphatic rings. The number of hydrogen-bond acceptors (Lipinski definition) is 5. The number of ether oxygens (including phenoxy) is 1. The van der Waals surface area contributed by atoms with Crippen molar-refractivity contribution in [3.8, 4) is 17.3 Å². The molecule has 0 N–H and O–H groups in total. The van der Waals surface area contributed by atoms with Gasteiger partial charge in [-0.15, -0.1) is 11.3 Å². The average Bonchev–Trinajstić information content (AvgIpc) is 4.00. The molecule has 0 unspecified atom stereocenters. The number of nitrogens with zero attached hydrogens (tertiary/aromatic N) is 4. The van der Waals surface area contributed by atoms with E-state index in [-0.39, 0.29) is 113 Å². The van der Waals surface area contributed by atoms with Gasteiger partial charge in [0.1, 0.15) is 24.0 Å². The summed E-state index contributed by atoms with van der Waals surface area (Å²) in [5, 5.41) is 0.505. The van der Waals surface area contributed by atoms with Crippen LogP contribution >= 0.6 is 11.3 Å². The minimum absolute atomic E-state index is 0.0266. The van der Waals surface area contributed by atoms with E-state index < -0.39 is 59.8 Å².